The second-order valence-electron chi connectivity index (χ2n) is 4.73. The summed E-state index contributed by atoms with van der Waals surface area (Å²) in [7, 11) is 0. The van der Waals surface area contributed by atoms with Gasteiger partial charge in [-0.2, -0.15) is 0 Å². The Morgan fingerprint density at radius 1 is 1.18 bits per heavy atom. The van der Waals surface area contributed by atoms with Crippen LogP contribution < -0.4 is 5.32 Å². The molecule has 1 N–H and O–H groups in total. The summed E-state index contributed by atoms with van der Waals surface area (Å²) in [6.45, 7) is 9.01. The highest BCUT2D eigenvalue weighted by Gasteiger charge is 2.15. The zero-order valence-electron chi connectivity index (χ0n) is 10.9. The zero-order chi connectivity index (χ0) is 13.0. The van der Waals surface area contributed by atoms with E-state index >= 15 is 0 Å². The van der Waals surface area contributed by atoms with Crippen molar-refractivity contribution < 1.29 is 0 Å². The van der Waals surface area contributed by atoms with E-state index < -0.39 is 0 Å². The van der Waals surface area contributed by atoms with E-state index in [-0.39, 0.29) is 0 Å². The molecule has 1 aromatic carbocycles. The maximum absolute atomic E-state index is 3.66. The Morgan fingerprint density at radius 2 is 1.82 bits per heavy atom. The maximum atomic E-state index is 3.66. The van der Waals surface area contributed by atoms with Crippen LogP contribution in [0.2, 0.25) is 0 Å². The standard InChI is InChI=1S/C14H21Br2N/c1-5-9(2)10(3)17-11(4)13-7-6-12(15)8-14(13)16/h6-11,17H,5H2,1-4H3. The summed E-state index contributed by atoms with van der Waals surface area (Å²) in [5.41, 5.74) is 1.31. The van der Waals surface area contributed by atoms with Crippen LogP contribution in [0.5, 0.6) is 0 Å². The molecule has 1 aromatic rings. The number of rotatable bonds is 5. The van der Waals surface area contributed by atoms with Gasteiger partial charge in [0.15, 0.2) is 0 Å². The second-order valence-corrected chi connectivity index (χ2v) is 6.50. The lowest BCUT2D eigenvalue weighted by molar-refractivity contribution is 0.360. The van der Waals surface area contributed by atoms with Crippen LogP contribution in [0.4, 0.5) is 0 Å². The summed E-state index contributed by atoms with van der Waals surface area (Å²) < 4.78 is 2.26. The first kappa shape index (κ1) is 15.2. The average molecular weight is 363 g/mol. The lowest BCUT2D eigenvalue weighted by Gasteiger charge is -2.25. The summed E-state index contributed by atoms with van der Waals surface area (Å²) in [6, 6.07) is 7.25. The van der Waals surface area contributed by atoms with Gasteiger partial charge in [-0.3, -0.25) is 0 Å². The predicted octanol–water partition coefficient (Wildman–Crippen LogP) is 5.30. The Morgan fingerprint density at radius 3 is 2.35 bits per heavy atom. The summed E-state index contributed by atoms with van der Waals surface area (Å²) in [4.78, 5) is 0. The van der Waals surface area contributed by atoms with Gasteiger partial charge in [-0.05, 0) is 37.5 Å². The third-order valence-electron chi connectivity index (χ3n) is 3.44. The fraction of sp³-hybridized carbons (Fsp3) is 0.571. The van der Waals surface area contributed by atoms with Gasteiger partial charge in [0.05, 0.1) is 0 Å². The molecule has 0 radical (unpaired) electrons. The van der Waals surface area contributed by atoms with Gasteiger partial charge in [0.1, 0.15) is 0 Å². The van der Waals surface area contributed by atoms with Crippen molar-refractivity contribution >= 4 is 31.9 Å². The van der Waals surface area contributed by atoms with Crippen LogP contribution in [0.1, 0.15) is 45.7 Å². The Bertz CT molecular complexity index is 365. The number of hydrogen-bond acceptors (Lipinski definition) is 1. The highest BCUT2D eigenvalue weighted by molar-refractivity contribution is 9.11. The summed E-state index contributed by atoms with van der Waals surface area (Å²) in [6.07, 6.45) is 1.21. The number of nitrogens with one attached hydrogen (secondary N) is 1. The van der Waals surface area contributed by atoms with E-state index in [9.17, 15) is 0 Å². The number of halogens is 2. The van der Waals surface area contributed by atoms with Crippen molar-refractivity contribution in [1.29, 1.82) is 0 Å². The van der Waals surface area contributed by atoms with Crippen molar-refractivity contribution in [2.75, 3.05) is 0 Å². The van der Waals surface area contributed by atoms with Crippen LogP contribution in [0, 0.1) is 5.92 Å². The molecule has 96 valence electrons. The van der Waals surface area contributed by atoms with E-state index in [1.54, 1.807) is 0 Å². The lowest BCUT2D eigenvalue weighted by Crippen LogP contribution is -2.34. The van der Waals surface area contributed by atoms with Crippen LogP contribution in [0.15, 0.2) is 27.1 Å². The highest BCUT2D eigenvalue weighted by atomic mass is 79.9. The average Bonchev–Trinajstić information content (AvgIpc) is 2.27. The Balaban J connectivity index is 2.72. The van der Waals surface area contributed by atoms with Gasteiger partial charge in [-0.15, -0.1) is 0 Å². The second kappa shape index (κ2) is 6.91. The van der Waals surface area contributed by atoms with Crippen LogP contribution in [0.25, 0.3) is 0 Å². The van der Waals surface area contributed by atoms with Gasteiger partial charge in [-0.25, -0.2) is 0 Å². The molecule has 3 atom stereocenters. The van der Waals surface area contributed by atoms with E-state index in [1.807, 2.05) is 0 Å². The molecule has 1 nitrogen and oxygen atoms in total. The molecule has 0 saturated carbocycles. The van der Waals surface area contributed by atoms with Crippen LogP contribution >= 0.6 is 31.9 Å². The molecule has 0 saturated heterocycles. The predicted molar refractivity (Wildman–Crippen MR) is 82.3 cm³/mol. The number of benzene rings is 1. The first-order valence-corrected chi connectivity index (χ1v) is 7.75. The van der Waals surface area contributed by atoms with Crippen LogP contribution in [-0.2, 0) is 0 Å². The summed E-state index contributed by atoms with van der Waals surface area (Å²) >= 11 is 7.10. The fourth-order valence-corrected chi connectivity index (χ4v) is 3.25. The van der Waals surface area contributed by atoms with Crippen LogP contribution in [-0.4, -0.2) is 6.04 Å². The van der Waals surface area contributed by atoms with Gasteiger partial charge < -0.3 is 5.32 Å². The third kappa shape index (κ3) is 4.38. The molecule has 0 aromatic heterocycles. The molecule has 17 heavy (non-hydrogen) atoms. The fourth-order valence-electron chi connectivity index (χ4n) is 1.85. The van der Waals surface area contributed by atoms with E-state index in [0.29, 0.717) is 18.0 Å². The molecule has 0 fully saturated rings. The minimum absolute atomic E-state index is 0.362. The van der Waals surface area contributed by atoms with Gasteiger partial charge in [0.25, 0.3) is 0 Å². The molecule has 3 heteroatoms. The Hall–Kier alpha value is 0.140. The minimum Gasteiger partial charge on any atom is -0.307 e. The van der Waals surface area contributed by atoms with Crippen LogP contribution in [0.3, 0.4) is 0 Å². The first-order chi connectivity index (χ1) is 7.95. The van der Waals surface area contributed by atoms with Gasteiger partial charge in [-0.1, -0.05) is 58.2 Å². The Labute approximate surface area is 122 Å². The molecule has 0 amide bonds. The van der Waals surface area contributed by atoms with Crippen molar-refractivity contribution in [1.82, 2.24) is 5.32 Å². The molecule has 3 unspecified atom stereocenters. The van der Waals surface area contributed by atoms with Crippen molar-refractivity contribution in [2.24, 2.45) is 5.92 Å². The van der Waals surface area contributed by atoms with Crippen molar-refractivity contribution in [3.8, 4) is 0 Å². The Kier molecular flexibility index (Phi) is 6.18. The lowest BCUT2D eigenvalue weighted by atomic mass is 9.99. The monoisotopic (exact) mass is 361 g/mol. The van der Waals surface area contributed by atoms with Crippen molar-refractivity contribution in [3.63, 3.8) is 0 Å². The SMILES string of the molecule is CCC(C)C(C)NC(C)c1ccc(Br)cc1Br. The normalized spacial score (nSPS) is 16.6. The minimum atomic E-state index is 0.362. The molecule has 0 aliphatic rings. The van der Waals surface area contributed by atoms with Crippen molar-refractivity contribution in [2.45, 2.75) is 46.2 Å². The zero-order valence-corrected chi connectivity index (χ0v) is 14.1. The van der Waals surface area contributed by atoms with E-state index in [0.717, 1.165) is 8.95 Å². The smallest absolute Gasteiger partial charge is 0.0305 e. The molecule has 0 aliphatic carbocycles. The highest BCUT2D eigenvalue weighted by Crippen LogP contribution is 2.27. The molecule has 0 bridgehead atoms. The topological polar surface area (TPSA) is 12.0 Å². The summed E-state index contributed by atoms with van der Waals surface area (Å²) in [5.74, 6) is 0.701. The quantitative estimate of drug-likeness (QED) is 0.749. The van der Waals surface area contributed by atoms with E-state index in [2.05, 4.69) is 83.1 Å². The summed E-state index contributed by atoms with van der Waals surface area (Å²) in [5, 5.41) is 3.66. The molecule has 0 heterocycles. The molecule has 1 rings (SSSR count). The van der Waals surface area contributed by atoms with Crippen molar-refractivity contribution in [3.05, 3.63) is 32.7 Å². The molecular weight excluding hydrogens is 342 g/mol. The maximum Gasteiger partial charge on any atom is 0.0305 e. The molecule has 0 aliphatic heterocycles. The van der Waals surface area contributed by atoms with Gasteiger partial charge in [0.2, 0.25) is 0 Å². The first-order valence-electron chi connectivity index (χ1n) is 6.16. The molecule has 0 spiro atoms. The van der Waals surface area contributed by atoms with Gasteiger partial charge in [0, 0.05) is 21.0 Å². The van der Waals surface area contributed by atoms with Gasteiger partial charge >= 0.3 is 0 Å². The number of hydrogen-bond donors (Lipinski definition) is 1. The van der Waals surface area contributed by atoms with E-state index in [4.69, 9.17) is 0 Å². The third-order valence-corrected chi connectivity index (χ3v) is 4.62. The largest absolute Gasteiger partial charge is 0.307 e. The van der Waals surface area contributed by atoms with E-state index in [1.165, 1.54) is 12.0 Å². The molecular formula is C14H21Br2N.